The Kier molecular flexibility index (Phi) is 11.7. The summed E-state index contributed by atoms with van der Waals surface area (Å²) in [4.78, 5) is 65.6. The minimum absolute atomic E-state index is 0.0569. The highest BCUT2D eigenvalue weighted by Crippen LogP contribution is 2.71. The molecule has 0 bridgehead atoms. The lowest BCUT2D eigenvalue weighted by Crippen LogP contribution is -2.71. The monoisotopic (exact) mass is 760 g/mol. The Morgan fingerprint density at radius 1 is 0.981 bits per heavy atom. The van der Waals surface area contributed by atoms with Gasteiger partial charge in [0.05, 0.1) is 18.3 Å². The normalized spacial score (nSPS) is 33.8. The average molecular weight is 761 g/mol. The Morgan fingerprint density at radius 2 is 1.69 bits per heavy atom. The number of carbonyl (C=O) groups excluding carboxylic acids is 5. The maximum Gasteiger partial charge on any atom is 0.514 e. The second-order valence-corrected chi connectivity index (χ2v) is 15.6. The van der Waals surface area contributed by atoms with Gasteiger partial charge in [-0.2, -0.15) is 0 Å². The van der Waals surface area contributed by atoms with E-state index in [0.717, 1.165) is 37.1 Å². The first-order valence-electron chi connectivity index (χ1n) is 18.7. The van der Waals surface area contributed by atoms with E-state index in [-0.39, 0.29) is 43.4 Å². The van der Waals surface area contributed by atoms with Crippen LogP contribution >= 0.6 is 0 Å². The second kappa shape index (κ2) is 15.4. The van der Waals surface area contributed by atoms with E-state index in [1.807, 2.05) is 13.8 Å². The molecule has 4 aliphatic carbocycles. The fourth-order valence-corrected chi connectivity index (χ4v) is 9.68. The summed E-state index contributed by atoms with van der Waals surface area (Å²) in [5.41, 5.74) is -7.94. The lowest BCUT2D eigenvalue weighted by molar-refractivity contribution is -0.231. The SMILES string of the molecule is CCCCCOC(=O)c1cc(O)c(O)c(OC(=O)OCC(=O)C2(OC(=O)CCCC)C(C)CC3C4CC(F)C5=CC(=O)C=CC5(C)C4(F)C(O)CC32C)c1. The zero-order chi connectivity index (χ0) is 39.8. The molecular formula is C40H50F2O12. The molecule has 4 aliphatic rings. The van der Waals surface area contributed by atoms with E-state index in [0.29, 0.717) is 19.3 Å². The van der Waals surface area contributed by atoms with E-state index < -0.39 is 106 Å². The molecule has 0 amide bonds. The molecule has 54 heavy (non-hydrogen) atoms. The summed E-state index contributed by atoms with van der Waals surface area (Å²) in [5.74, 6) is -8.09. The lowest BCUT2D eigenvalue weighted by Gasteiger charge is -2.63. The van der Waals surface area contributed by atoms with Crippen molar-refractivity contribution in [1.82, 2.24) is 0 Å². The summed E-state index contributed by atoms with van der Waals surface area (Å²) in [7, 11) is 0. The molecule has 0 heterocycles. The number of hydrogen-bond donors (Lipinski definition) is 3. The summed E-state index contributed by atoms with van der Waals surface area (Å²) in [5, 5.41) is 32.4. The number of hydrogen-bond acceptors (Lipinski definition) is 12. The van der Waals surface area contributed by atoms with Crippen molar-refractivity contribution in [2.45, 2.75) is 116 Å². The number of aliphatic hydroxyl groups is 1. The standard InChI is InChI=1S/C40H50F2O12/c1-6-8-10-14-51-35(49)23-16-29(44)34(48)30(17-23)53-36(50)52-21-32(46)40(54-33(47)11-9-7-2)22(3)15-25-26-19-28(41)27-18-24(43)12-13-37(27,4)39(26,42)31(45)20-38(25,40)5/h12-13,16-18,22,25-26,28,31,44-45,48H,6-11,14-15,19-21H2,1-5H3. The number of halogens is 2. The smallest absolute Gasteiger partial charge is 0.504 e. The molecule has 3 saturated carbocycles. The third-order valence-corrected chi connectivity index (χ3v) is 12.4. The minimum atomic E-state index is -2.45. The molecule has 1 aromatic carbocycles. The zero-order valence-corrected chi connectivity index (χ0v) is 31.3. The van der Waals surface area contributed by atoms with Crippen LogP contribution in [0, 0.1) is 28.6 Å². The van der Waals surface area contributed by atoms with Gasteiger partial charge >= 0.3 is 18.1 Å². The number of ketones is 2. The minimum Gasteiger partial charge on any atom is -0.504 e. The maximum absolute atomic E-state index is 17.8. The number of phenols is 2. The molecule has 296 valence electrons. The molecule has 9 atom stereocenters. The van der Waals surface area contributed by atoms with Crippen LogP contribution < -0.4 is 4.74 Å². The molecule has 0 aromatic heterocycles. The summed E-state index contributed by atoms with van der Waals surface area (Å²) in [6.07, 6.45) is 1.16. The number of carbonyl (C=O) groups is 5. The molecule has 5 rings (SSSR count). The number of allylic oxidation sites excluding steroid dienone is 4. The quantitative estimate of drug-likeness (QED) is 0.0648. The molecule has 0 radical (unpaired) electrons. The number of Topliss-reactive ketones (excluding diaryl/α,β-unsaturated/α-hetero) is 1. The van der Waals surface area contributed by atoms with Crippen LogP contribution in [-0.2, 0) is 28.6 Å². The maximum atomic E-state index is 17.8. The van der Waals surface area contributed by atoms with E-state index in [9.17, 15) is 39.3 Å². The van der Waals surface area contributed by atoms with Crippen LogP contribution in [0.4, 0.5) is 13.6 Å². The van der Waals surface area contributed by atoms with Gasteiger partial charge in [0.25, 0.3) is 0 Å². The van der Waals surface area contributed by atoms with Crippen molar-refractivity contribution in [3.05, 3.63) is 41.5 Å². The first-order chi connectivity index (χ1) is 25.4. The molecule has 0 spiro atoms. The highest BCUT2D eigenvalue weighted by Gasteiger charge is 2.78. The van der Waals surface area contributed by atoms with Crippen molar-refractivity contribution in [2.24, 2.45) is 28.6 Å². The molecule has 3 N–H and O–H groups in total. The highest BCUT2D eigenvalue weighted by molar-refractivity contribution is 6.01. The van der Waals surface area contributed by atoms with E-state index in [1.165, 1.54) is 13.0 Å². The largest absolute Gasteiger partial charge is 0.514 e. The first-order valence-corrected chi connectivity index (χ1v) is 18.7. The third kappa shape index (κ3) is 6.68. The molecule has 9 unspecified atom stereocenters. The third-order valence-electron chi connectivity index (χ3n) is 12.4. The van der Waals surface area contributed by atoms with Crippen molar-refractivity contribution in [3.63, 3.8) is 0 Å². The second-order valence-electron chi connectivity index (χ2n) is 15.6. The van der Waals surface area contributed by atoms with Gasteiger partial charge in [-0.1, -0.05) is 53.0 Å². The molecule has 1 aromatic rings. The number of esters is 2. The number of fused-ring (bicyclic) bond motifs is 5. The van der Waals surface area contributed by atoms with Gasteiger partial charge in [-0.15, -0.1) is 0 Å². The van der Waals surface area contributed by atoms with Crippen LogP contribution in [0.2, 0.25) is 0 Å². The Bertz CT molecular complexity index is 1740. The van der Waals surface area contributed by atoms with Gasteiger partial charge in [-0.3, -0.25) is 14.4 Å². The number of aliphatic hydroxyl groups excluding tert-OH is 1. The summed E-state index contributed by atoms with van der Waals surface area (Å²) in [6.45, 7) is 7.60. The van der Waals surface area contributed by atoms with Crippen molar-refractivity contribution < 1.29 is 67.0 Å². The molecule has 12 nitrogen and oxygen atoms in total. The van der Waals surface area contributed by atoms with Gasteiger partial charge in [0, 0.05) is 29.1 Å². The number of benzene rings is 1. The number of aromatic hydroxyl groups is 2. The topological polar surface area (TPSA) is 183 Å². The van der Waals surface area contributed by atoms with E-state index >= 15 is 8.78 Å². The van der Waals surface area contributed by atoms with Gasteiger partial charge in [-0.05, 0) is 74.8 Å². The Morgan fingerprint density at radius 3 is 2.37 bits per heavy atom. The summed E-state index contributed by atoms with van der Waals surface area (Å²) >= 11 is 0. The number of phenolic OH excluding ortho intramolecular Hbond substituents is 2. The molecular weight excluding hydrogens is 710 g/mol. The van der Waals surface area contributed by atoms with Gasteiger partial charge < -0.3 is 34.3 Å². The average Bonchev–Trinajstić information content (AvgIpc) is 3.34. The zero-order valence-electron chi connectivity index (χ0n) is 31.3. The van der Waals surface area contributed by atoms with E-state index in [2.05, 4.69) is 0 Å². The van der Waals surface area contributed by atoms with Crippen LogP contribution in [0.5, 0.6) is 17.2 Å². The van der Waals surface area contributed by atoms with Crippen LogP contribution in [0.25, 0.3) is 0 Å². The van der Waals surface area contributed by atoms with Crippen molar-refractivity contribution in [2.75, 3.05) is 13.2 Å². The number of unbranched alkanes of at least 4 members (excludes halogenated alkanes) is 3. The Labute approximate surface area is 312 Å². The lowest BCUT2D eigenvalue weighted by atomic mass is 9.44. The predicted octanol–water partition coefficient (Wildman–Crippen LogP) is 6.57. The number of ether oxygens (including phenoxy) is 4. The van der Waals surface area contributed by atoms with Crippen LogP contribution in [0.1, 0.15) is 103 Å². The van der Waals surface area contributed by atoms with Crippen molar-refractivity contribution >= 4 is 29.7 Å². The molecule has 0 saturated heterocycles. The van der Waals surface area contributed by atoms with Crippen molar-refractivity contribution in [3.8, 4) is 17.2 Å². The van der Waals surface area contributed by atoms with Crippen molar-refractivity contribution in [1.29, 1.82) is 0 Å². The fraction of sp³-hybridized carbons (Fsp3) is 0.625. The van der Waals surface area contributed by atoms with Gasteiger partial charge in [0.2, 0.25) is 11.5 Å². The predicted molar refractivity (Wildman–Crippen MR) is 188 cm³/mol. The molecule has 14 heteroatoms. The Balaban J connectivity index is 1.42. The van der Waals surface area contributed by atoms with Crippen LogP contribution in [0.3, 0.4) is 0 Å². The van der Waals surface area contributed by atoms with E-state index in [4.69, 9.17) is 18.9 Å². The van der Waals surface area contributed by atoms with Gasteiger partial charge in [-0.25, -0.2) is 18.4 Å². The number of rotatable bonds is 13. The van der Waals surface area contributed by atoms with Crippen LogP contribution in [0.15, 0.2) is 35.9 Å². The van der Waals surface area contributed by atoms with Crippen LogP contribution in [-0.4, -0.2) is 81.7 Å². The first kappa shape index (κ1) is 40.8. The Hall–Kier alpha value is -4.33. The number of alkyl halides is 2. The highest BCUT2D eigenvalue weighted by atomic mass is 19.1. The summed E-state index contributed by atoms with van der Waals surface area (Å²) < 4.78 is 55.3. The summed E-state index contributed by atoms with van der Waals surface area (Å²) in [6, 6.07) is 1.88. The molecule has 3 fully saturated rings. The van der Waals surface area contributed by atoms with Gasteiger partial charge in [0.1, 0.15) is 6.17 Å². The molecule has 0 aliphatic heterocycles. The fourth-order valence-electron chi connectivity index (χ4n) is 9.68. The van der Waals surface area contributed by atoms with Gasteiger partial charge in [0.15, 0.2) is 35.2 Å². The van der Waals surface area contributed by atoms with E-state index in [1.54, 1.807) is 13.8 Å².